The molecule has 2 N–H and O–H groups in total. The first-order valence-corrected chi connectivity index (χ1v) is 18.0. The highest BCUT2D eigenvalue weighted by atomic mass is 127. The van der Waals surface area contributed by atoms with Crippen LogP contribution in [-0.4, -0.2) is 47.3 Å². The summed E-state index contributed by atoms with van der Waals surface area (Å²) < 4.78 is 94.5. The molecule has 280 valence electrons. The van der Waals surface area contributed by atoms with Crippen molar-refractivity contribution >= 4 is 58.9 Å². The van der Waals surface area contributed by atoms with Gasteiger partial charge in [-0.1, -0.05) is 25.0 Å². The Morgan fingerprint density at radius 1 is 1.06 bits per heavy atom. The fourth-order valence-electron chi connectivity index (χ4n) is 7.77. The van der Waals surface area contributed by atoms with Crippen LogP contribution in [0.25, 0.3) is 11.6 Å². The lowest BCUT2D eigenvalue weighted by Crippen LogP contribution is -2.46. The van der Waals surface area contributed by atoms with E-state index in [1.807, 2.05) is 47.7 Å². The minimum absolute atomic E-state index is 0.00128. The van der Waals surface area contributed by atoms with E-state index >= 15 is 0 Å². The first-order chi connectivity index (χ1) is 25.0. The first-order valence-electron chi connectivity index (χ1n) is 16.9. The van der Waals surface area contributed by atoms with Crippen molar-refractivity contribution in [3.05, 3.63) is 91.8 Å². The van der Waals surface area contributed by atoms with E-state index in [1.165, 1.54) is 7.11 Å². The van der Waals surface area contributed by atoms with Crippen molar-refractivity contribution in [3.8, 4) is 11.5 Å². The van der Waals surface area contributed by atoms with Gasteiger partial charge in [-0.15, -0.1) is 0 Å². The zero-order valence-corrected chi connectivity index (χ0v) is 30.6. The molecule has 3 aromatic rings. The number of amides is 2. The van der Waals surface area contributed by atoms with Gasteiger partial charge in [0.2, 0.25) is 11.8 Å². The minimum atomic E-state index is -5.18. The standard InChI is InChI=1S/C37H34BF6IN2O6/c1-3-6-21-14-25-32(35(50)47(34(25)49)24-16-22(36(39,40)41)15-23(17-24)37(42,43)44)26-18-38(51)53-29(31(21)26)9-8-20(28-7-4-5-10-46-28)11-19-12-27(45)33(48)30(13-19)52-2/h4-5,7,10-13,15-17,25-26,29,32,48,51H,3,6,8-9,14,18H2,1-2H3/b20-11-/t25-,26+,29-,32-/m1/s1. The van der Waals surface area contributed by atoms with E-state index < -0.39 is 72.0 Å². The number of imide groups is 1. The molecule has 6 rings (SSSR count). The van der Waals surface area contributed by atoms with Crippen molar-refractivity contribution in [2.75, 3.05) is 12.0 Å². The number of fused-ring (bicyclic) bond motifs is 3. The van der Waals surface area contributed by atoms with Gasteiger partial charge in [-0.2, -0.15) is 26.3 Å². The van der Waals surface area contributed by atoms with Crippen molar-refractivity contribution in [3.63, 3.8) is 0 Å². The second kappa shape index (κ2) is 15.1. The fraction of sp³-hybridized carbons (Fsp3) is 0.378. The predicted octanol–water partition coefficient (Wildman–Crippen LogP) is 8.56. The number of phenols is 1. The monoisotopic (exact) mass is 854 g/mol. The number of halogens is 7. The van der Waals surface area contributed by atoms with Gasteiger partial charge in [0.1, 0.15) is 0 Å². The topological polar surface area (TPSA) is 109 Å². The summed E-state index contributed by atoms with van der Waals surface area (Å²) in [5.74, 6) is -4.42. The summed E-state index contributed by atoms with van der Waals surface area (Å²) in [6.45, 7) is 1.92. The molecule has 4 atom stereocenters. The summed E-state index contributed by atoms with van der Waals surface area (Å²) in [4.78, 5) is 33.0. The van der Waals surface area contributed by atoms with E-state index in [0.717, 1.165) is 22.3 Å². The number of phenolic OH excluding ortho intramolecular Hbond substituents is 1. The number of pyridine rings is 1. The molecular formula is C37H34BF6IN2O6. The zero-order chi connectivity index (χ0) is 38.4. The maximum absolute atomic E-state index is 14.1. The number of alkyl halides is 6. The smallest absolute Gasteiger partial charge is 0.455 e. The molecule has 0 radical (unpaired) electrons. The van der Waals surface area contributed by atoms with Crippen LogP contribution in [0.2, 0.25) is 6.32 Å². The Kier molecular flexibility index (Phi) is 11.1. The van der Waals surface area contributed by atoms with Gasteiger partial charge >= 0.3 is 19.5 Å². The van der Waals surface area contributed by atoms with Crippen LogP contribution in [0.3, 0.4) is 0 Å². The first kappa shape index (κ1) is 38.8. The number of hydrogen-bond donors (Lipinski definition) is 2. The third kappa shape index (κ3) is 7.85. The van der Waals surface area contributed by atoms with Gasteiger partial charge in [0.15, 0.2) is 11.5 Å². The Morgan fingerprint density at radius 3 is 2.36 bits per heavy atom. The second-order valence-corrected chi connectivity index (χ2v) is 14.5. The lowest BCUT2D eigenvalue weighted by molar-refractivity contribution is -0.143. The number of methoxy groups -OCH3 is 1. The average Bonchev–Trinajstić information content (AvgIpc) is 3.35. The molecule has 2 fully saturated rings. The average molecular weight is 854 g/mol. The van der Waals surface area contributed by atoms with Gasteiger partial charge in [-0.05, 0) is 126 Å². The largest absolute Gasteiger partial charge is 0.504 e. The normalized spacial score (nSPS) is 22.3. The van der Waals surface area contributed by atoms with E-state index in [0.29, 0.717) is 52.0 Å². The quantitative estimate of drug-likeness (QED) is 0.0731. The van der Waals surface area contributed by atoms with Gasteiger partial charge in [0.25, 0.3) is 0 Å². The fourth-order valence-corrected chi connectivity index (χ4v) is 8.40. The number of ether oxygens (including phenoxy) is 1. The number of carbonyl (C=O) groups is 2. The maximum atomic E-state index is 14.1. The van der Waals surface area contributed by atoms with Gasteiger partial charge < -0.3 is 19.5 Å². The van der Waals surface area contributed by atoms with Crippen LogP contribution in [0.4, 0.5) is 32.0 Å². The molecule has 0 saturated carbocycles. The number of carbonyl (C=O) groups excluding carboxylic acids is 2. The highest BCUT2D eigenvalue weighted by Crippen LogP contribution is 2.53. The Labute approximate surface area is 315 Å². The highest BCUT2D eigenvalue weighted by Gasteiger charge is 2.58. The van der Waals surface area contributed by atoms with Crippen molar-refractivity contribution in [2.24, 2.45) is 17.8 Å². The number of allylic oxidation sites excluding steroid dienone is 2. The van der Waals surface area contributed by atoms with E-state index in [9.17, 15) is 46.1 Å². The third-order valence-corrected chi connectivity index (χ3v) is 10.8. The van der Waals surface area contributed by atoms with Crippen LogP contribution < -0.4 is 9.64 Å². The number of benzene rings is 2. The molecule has 0 bridgehead atoms. The van der Waals surface area contributed by atoms with Crippen LogP contribution >= 0.6 is 22.6 Å². The van der Waals surface area contributed by atoms with Gasteiger partial charge in [0, 0.05) is 6.20 Å². The molecule has 3 heterocycles. The summed E-state index contributed by atoms with van der Waals surface area (Å²) >= 11 is 2.00. The molecule has 1 aromatic heterocycles. The molecule has 53 heavy (non-hydrogen) atoms. The molecule has 8 nitrogen and oxygen atoms in total. The lowest BCUT2D eigenvalue weighted by atomic mass is 9.58. The summed E-state index contributed by atoms with van der Waals surface area (Å²) in [5.41, 5.74) is -0.377. The SMILES string of the molecule is CCCC1=C2[C@@H](CC/C(=C/c3cc(I)c(O)c(OC)c3)c3ccccn3)OB(O)C[C@@H]2[C@@H]2C(=O)N(c3cc(C(F)(F)F)cc(C(F)(F)F)c3)C(=O)[C@@H]2C1. The summed E-state index contributed by atoms with van der Waals surface area (Å²) in [6.07, 6.45) is -5.75. The number of hydrogen-bond acceptors (Lipinski definition) is 7. The third-order valence-electron chi connectivity index (χ3n) is 9.97. The molecule has 2 aliphatic heterocycles. The Hall–Kier alpha value is -3.90. The molecule has 1 aliphatic carbocycles. The minimum Gasteiger partial charge on any atom is -0.504 e. The maximum Gasteiger partial charge on any atom is 0.455 e. The molecule has 2 aromatic carbocycles. The van der Waals surface area contributed by atoms with Crippen molar-refractivity contribution < 1.29 is 55.5 Å². The zero-order valence-electron chi connectivity index (χ0n) is 28.5. The molecule has 0 spiro atoms. The Balaban J connectivity index is 1.36. The Bertz CT molecular complexity index is 1940. The number of anilines is 1. The molecular weight excluding hydrogens is 820 g/mol. The molecule has 3 aliphatic rings. The molecule has 2 amide bonds. The molecule has 0 unspecified atom stereocenters. The van der Waals surface area contributed by atoms with Crippen molar-refractivity contribution in [1.29, 1.82) is 0 Å². The van der Waals surface area contributed by atoms with E-state index in [1.54, 1.807) is 24.4 Å². The van der Waals surface area contributed by atoms with Gasteiger partial charge in [-0.25, -0.2) is 4.90 Å². The lowest BCUT2D eigenvalue weighted by Gasteiger charge is -2.43. The van der Waals surface area contributed by atoms with Crippen LogP contribution in [0.5, 0.6) is 11.5 Å². The van der Waals surface area contributed by atoms with E-state index in [-0.39, 0.29) is 30.3 Å². The molecule has 16 heteroatoms. The molecule has 2 saturated heterocycles. The van der Waals surface area contributed by atoms with E-state index in [2.05, 4.69) is 4.98 Å². The summed E-state index contributed by atoms with van der Waals surface area (Å²) in [6, 6.07) is 9.61. The summed E-state index contributed by atoms with van der Waals surface area (Å²) in [5, 5.41) is 21.4. The van der Waals surface area contributed by atoms with Crippen LogP contribution in [-0.2, 0) is 26.6 Å². The predicted molar refractivity (Wildman–Crippen MR) is 192 cm³/mol. The van der Waals surface area contributed by atoms with Crippen LogP contribution in [0.15, 0.2) is 65.9 Å². The van der Waals surface area contributed by atoms with Gasteiger partial charge in [-0.3, -0.25) is 14.6 Å². The number of rotatable bonds is 9. The summed E-state index contributed by atoms with van der Waals surface area (Å²) in [7, 11) is 0.0841. The van der Waals surface area contributed by atoms with E-state index in [4.69, 9.17) is 9.39 Å². The van der Waals surface area contributed by atoms with Gasteiger partial charge in [0.05, 0.1) is 51.1 Å². The van der Waals surface area contributed by atoms with Crippen LogP contribution in [0.1, 0.15) is 61.4 Å². The highest BCUT2D eigenvalue weighted by molar-refractivity contribution is 14.1. The number of aromatic nitrogens is 1. The Morgan fingerprint density at radius 2 is 1.75 bits per heavy atom. The second-order valence-electron chi connectivity index (χ2n) is 13.3. The van der Waals surface area contributed by atoms with Crippen molar-refractivity contribution in [1.82, 2.24) is 4.98 Å². The number of nitrogens with zero attached hydrogens (tertiary/aromatic N) is 2. The van der Waals surface area contributed by atoms with Crippen LogP contribution in [0, 0.1) is 21.3 Å². The van der Waals surface area contributed by atoms with Crippen molar-refractivity contribution in [2.45, 2.75) is 63.8 Å². The number of aromatic hydroxyl groups is 1.